The number of halogens is 7. The highest BCUT2D eigenvalue weighted by Crippen LogP contribution is 2.43. The van der Waals surface area contributed by atoms with E-state index in [2.05, 4.69) is 0 Å². The Bertz CT molecular complexity index is 1520. The van der Waals surface area contributed by atoms with E-state index in [4.69, 9.17) is 9.47 Å². The summed E-state index contributed by atoms with van der Waals surface area (Å²) < 4.78 is 107. The Labute approximate surface area is 251 Å². The molecule has 238 valence electrons. The van der Waals surface area contributed by atoms with Crippen LogP contribution in [0.15, 0.2) is 48.5 Å². The lowest BCUT2D eigenvalue weighted by atomic mass is 9.83. The maximum atomic E-state index is 14.9. The lowest BCUT2D eigenvalue weighted by molar-refractivity contribution is -0.143. The van der Waals surface area contributed by atoms with Crippen molar-refractivity contribution in [3.63, 3.8) is 0 Å². The van der Waals surface area contributed by atoms with Gasteiger partial charge in [-0.25, -0.2) is 9.18 Å². The van der Waals surface area contributed by atoms with Crippen LogP contribution in [-0.4, -0.2) is 24.1 Å². The van der Waals surface area contributed by atoms with Gasteiger partial charge in [-0.1, -0.05) is 52.8 Å². The Morgan fingerprint density at radius 2 is 1.45 bits per heavy atom. The standard InChI is InChI=1S/C33H34F7NO3/c1-17(2)25-14-26(28(43-7)15-27(25)34)24-9-8-21(31(4,5)6)12-20(24)16-41-18(3)29(44-30(41)42)19-10-22(32(35,36)37)13-23(11-19)33(38,39)40/h8-15,17-18,29H,16H2,1-7H3/t18?,29-/m1/s1. The van der Waals surface area contributed by atoms with E-state index in [0.29, 0.717) is 34.4 Å². The van der Waals surface area contributed by atoms with Gasteiger partial charge in [0.2, 0.25) is 0 Å². The molecule has 0 aromatic heterocycles. The van der Waals surface area contributed by atoms with Crippen molar-refractivity contribution in [2.24, 2.45) is 0 Å². The highest BCUT2D eigenvalue weighted by Gasteiger charge is 2.43. The van der Waals surface area contributed by atoms with Crippen LogP contribution in [0.2, 0.25) is 0 Å². The molecule has 3 aromatic rings. The van der Waals surface area contributed by atoms with E-state index in [0.717, 1.165) is 5.56 Å². The molecule has 1 unspecified atom stereocenters. The maximum absolute atomic E-state index is 14.9. The second-order valence-corrected chi connectivity index (χ2v) is 12.4. The Morgan fingerprint density at radius 1 is 0.864 bits per heavy atom. The number of rotatable bonds is 6. The van der Waals surface area contributed by atoms with Gasteiger partial charge in [-0.2, -0.15) is 26.3 Å². The zero-order valence-corrected chi connectivity index (χ0v) is 25.4. The molecule has 1 aliphatic heterocycles. The average molecular weight is 626 g/mol. The van der Waals surface area contributed by atoms with Gasteiger partial charge in [-0.15, -0.1) is 0 Å². The molecule has 0 radical (unpaired) electrons. The van der Waals surface area contributed by atoms with Gasteiger partial charge in [0.1, 0.15) is 17.7 Å². The lowest BCUT2D eigenvalue weighted by Crippen LogP contribution is -2.32. The largest absolute Gasteiger partial charge is 0.496 e. The smallest absolute Gasteiger partial charge is 0.416 e. The summed E-state index contributed by atoms with van der Waals surface area (Å²) in [6, 6.07) is 8.87. The topological polar surface area (TPSA) is 38.8 Å². The zero-order chi connectivity index (χ0) is 32.9. The number of benzene rings is 3. The van der Waals surface area contributed by atoms with Crippen LogP contribution in [0.4, 0.5) is 35.5 Å². The predicted octanol–water partition coefficient (Wildman–Crippen LogP) is 10.0. The van der Waals surface area contributed by atoms with E-state index in [1.807, 2.05) is 52.8 Å². The summed E-state index contributed by atoms with van der Waals surface area (Å²) in [6.07, 6.45) is -12.4. The fourth-order valence-corrected chi connectivity index (χ4v) is 5.33. The summed E-state index contributed by atoms with van der Waals surface area (Å²) in [6.45, 7) is 11.1. The van der Waals surface area contributed by atoms with Crippen LogP contribution in [0, 0.1) is 5.82 Å². The van der Waals surface area contributed by atoms with Crippen LogP contribution >= 0.6 is 0 Å². The first-order valence-electron chi connectivity index (χ1n) is 14.0. The fourth-order valence-electron chi connectivity index (χ4n) is 5.33. The van der Waals surface area contributed by atoms with Gasteiger partial charge in [0.15, 0.2) is 0 Å². The van der Waals surface area contributed by atoms with Crippen LogP contribution in [0.5, 0.6) is 5.75 Å². The van der Waals surface area contributed by atoms with Crippen molar-refractivity contribution in [2.45, 2.75) is 83.9 Å². The second-order valence-electron chi connectivity index (χ2n) is 12.4. The SMILES string of the molecule is COc1cc(F)c(C(C)C)cc1-c1ccc(C(C)(C)C)cc1CN1C(=O)O[C@@H](c2cc(C(F)(F)F)cc(C(F)(F)F)c2)C1C. The monoisotopic (exact) mass is 625 g/mol. The molecule has 2 atom stereocenters. The van der Waals surface area contributed by atoms with E-state index in [1.54, 1.807) is 6.07 Å². The minimum absolute atomic E-state index is 0.0362. The van der Waals surface area contributed by atoms with Crippen molar-refractivity contribution in [1.82, 2.24) is 4.90 Å². The molecule has 1 heterocycles. The van der Waals surface area contributed by atoms with Crippen LogP contribution in [-0.2, 0) is 29.0 Å². The number of cyclic esters (lactones) is 1. The molecule has 0 aliphatic carbocycles. The Balaban J connectivity index is 1.81. The molecular formula is C33H34F7NO3. The quantitative estimate of drug-likeness (QED) is 0.256. The Kier molecular flexibility index (Phi) is 8.76. The van der Waals surface area contributed by atoms with Crippen molar-refractivity contribution in [2.75, 3.05) is 7.11 Å². The minimum atomic E-state index is -5.05. The zero-order valence-electron chi connectivity index (χ0n) is 25.4. The van der Waals surface area contributed by atoms with Crippen molar-refractivity contribution in [3.8, 4) is 16.9 Å². The third kappa shape index (κ3) is 6.66. The second kappa shape index (κ2) is 11.6. The van der Waals surface area contributed by atoms with Gasteiger partial charge < -0.3 is 9.47 Å². The Morgan fingerprint density at radius 3 is 1.95 bits per heavy atom. The van der Waals surface area contributed by atoms with Crippen LogP contribution in [0.25, 0.3) is 11.1 Å². The number of amides is 1. The first-order chi connectivity index (χ1) is 20.2. The van der Waals surface area contributed by atoms with Gasteiger partial charge >= 0.3 is 18.4 Å². The molecule has 1 aliphatic rings. The highest BCUT2D eigenvalue weighted by atomic mass is 19.4. The molecule has 0 N–H and O–H groups in total. The number of nitrogens with zero attached hydrogens (tertiary/aromatic N) is 1. The lowest BCUT2D eigenvalue weighted by Gasteiger charge is -2.26. The fraction of sp³-hybridized carbons (Fsp3) is 0.424. The number of carbonyl (C=O) groups excluding carboxylic acids is 1. The number of methoxy groups -OCH3 is 1. The van der Waals surface area contributed by atoms with Crippen molar-refractivity contribution >= 4 is 6.09 Å². The molecule has 1 fully saturated rings. The van der Waals surface area contributed by atoms with Crippen LogP contribution in [0.3, 0.4) is 0 Å². The predicted molar refractivity (Wildman–Crippen MR) is 152 cm³/mol. The summed E-state index contributed by atoms with van der Waals surface area (Å²) in [4.78, 5) is 14.4. The molecule has 3 aromatic carbocycles. The summed E-state index contributed by atoms with van der Waals surface area (Å²) in [5.74, 6) is -0.331. The van der Waals surface area contributed by atoms with Gasteiger partial charge in [-0.3, -0.25) is 4.90 Å². The van der Waals surface area contributed by atoms with Crippen molar-refractivity contribution in [3.05, 3.63) is 87.7 Å². The molecule has 1 amide bonds. The number of ether oxygens (including phenoxy) is 2. The molecule has 0 spiro atoms. The summed E-state index contributed by atoms with van der Waals surface area (Å²) in [5.41, 5.74) is -0.549. The average Bonchev–Trinajstić information content (AvgIpc) is 3.19. The molecule has 1 saturated heterocycles. The van der Waals surface area contributed by atoms with Crippen LogP contribution < -0.4 is 4.74 Å². The van der Waals surface area contributed by atoms with Crippen molar-refractivity contribution < 1.29 is 45.0 Å². The molecule has 0 bridgehead atoms. The molecule has 44 heavy (non-hydrogen) atoms. The molecule has 11 heteroatoms. The van der Waals surface area contributed by atoms with E-state index >= 15 is 0 Å². The third-order valence-corrected chi connectivity index (χ3v) is 7.87. The molecule has 4 rings (SSSR count). The van der Waals surface area contributed by atoms with E-state index in [1.165, 1.54) is 25.0 Å². The van der Waals surface area contributed by atoms with Gasteiger partial charge in [0, 0.05) is 11.6 Å². The van der Waals surface area contributed by atoms with Gasteiger partial charge in [-0.05, 0) is 70.3 Å². The first-order valence-corrected chi connectivity index (χ1v) is 14.0. The summed E-state index contributed by atoms with van der Waals surface area (Å²) >= 11 is 0. The normalized spacial score (nSPS) is 17.8. The van der Waals surface area contributed by atoms with Gasteiger partial charge in [0.25, 0.3) is 0 Å². The minimum Gasteiger partial charge on any atom is -0.496 e. The molecular weight excluding hydrogens is 591 g/mol. The number of alkyl halides is 6. The number of carbonyl (C=O) groups is 1. The Hall–Kier alpha value is -3.76. The summed E-state index contributed by atoms with van der Waals surface area (Å²) in [5, 5.41) is 0. The highest BCUT2D eigenvalue weighted by molar-refractivity contribution is 5.76. The van der Waals surface area contributed by atoms with Crippen LogP contribution in [0.1, 0.15) is 86.9 Å². The maximum Gasteiger partial charge on any atom is 0.416 e. The van der Waals surface area contributed by atoms with E-state index < -0.39 is 53.1 Å². The molecule has 0 saturated carbocycles. The van der Waals surface area contributed by atoms with E-state index in [9.17, 15) is 35.5 Å². The number of hydrogen-bond acceptors (Lipinski definition) is 3. The third-order valence-electron chi connectivity index (χ3n) is 7.87. The van der Waals surface area contributed by atoms with Crippen molar-refractivity contribution in [1.29, 1.82) is 0 Å². The summed E-state index contributed by atoms with van der Waals surface area (Å²) in [7, 11) is 1.41. The first kappa shape index (κ1) is 33.1. The van der Waals surface area contributed by atoms with Gasteiger partial charge in [0.05, 0.1) is 30.8 Å². The molecule has 4 nitrogen and oxygen atoms in total. The number of hydrogen-bond donors (Lipinski definition) is 0. The van der Waals surface area contributed by atoms with E-state index in [-0.39, 0.29) is 29.7 Å².